The van der Waals surface area contributed by atoms with Crippen molar-refractivity contribution < 1.29 is 9.90 Å². The molecular weight excluding hydrogens is 226 g/mol. The van der Waals surface area contributed by atoms with Gasteiger partial charge in [0.25, 0.3) is 0 Å². The molecule has 0 aliphatic carbocycles. The lowest BCUT2D eigenvalue weighted by Gasteiger charge is -2.09. The third kappa shape index (κ3) is 2.15. The third-order valence-electron chi connectivity index (χ3n) is 2.42. The standard InChI is InChI=1S/C12H11NO2.ClH/c13-11(12(14)15)10-7-3-5-8-4-1-2-6-9(8)10;/h1-7,11H,13H2,(H,14,15);1H. The normalized spacial score (nSPS) is 11.8. The quantitative estimate of drug-likeness (QED) is 0.843. The van der Waals surface area contributed by atoms with Crippen LogP contribution < -0.4 is 5.73 Å². The minimum Gasteiger partial charge on any atom is -0.480 e. The lowest BCUT2D eigenvalue weighted by atomic mass is 9.99. The highest BCUT2D eigenvalue weighted by atomic mass is 35.5. The molecule has 0 aliphatic heterocycles. The molecule has 0 radical (unpaired) electrons. The average molecular weight is 238 g/mol. The highest BCUT2D eigenvalue weighted by Gasteiger charge is 2.15. The topological polar surface area (TPSA) is 63.3 Å². The molecule has 0 amide bonds. The predicted octanol–water partition coefficient (Wildman–Crippen LogP) is 2.35. The number of hydrogen-bond acceptors (Lipinski definition) is 2. The number of carboxylic acids is 1. The number of hydrogen-bond donors (Lipinski definition) is 2. The van der Waals surface area contributed by atoms with Crippen LogP contribution in [0.25, 0.3) is 10.8 Å². The van der Waals surface area contributed by atoms with Gasteiger partial charge < -0.3 is 10.8 Å². The molecule has 0 saturated heterocycles. The van der Waals surface area contributed by atoms with Crippen molar-refractivity contribution in [3.63, 3.8) is 0 Å². The van der Waals surface area contributed by atoms with Crippen molar-refractivity contribution in [3.8, 4) is 0 Å². The summed E-state index contributed by atoms with van der Waals surface area (Å²) in [6.45, 7) is 0. The summed E-state index contributed by atoms with van der Waals surface area (Å²) in [5.41, 5.74) is 6.26. The maximum Gasteiger partial charge on any atom is 0.325 e. The van der Waals surface area contributed by atoms with Crippen molar-refractivity contribution in [1.29, 1.82) is 0 Å². The Kier molecular flexibility index (Phi) is 3.88. The highest BCUT2D eigenvalue weighted by molar-refractivity contribution is 5.90. The summed E-state index contributed by atoms with van der Waals surface area (Å²) >= 11 is 0. The van der Waals surface area contributed by atoms with Gasteiger partial charge in [-0.05, 0) is 16.3 Å². The molecular formula is C12H12ClNO2. The van der Waals surface area contributed by atoms with E-state index in [4.69, 9.17) is 10.8 Å². The predicted molar refractivity (Wildman–Crippen MR) is 65.8 cm³/mol. The lowest BCUT2D eigenvalue weighted by Crippen LogP contribution is -2.20. The molecule has 3 N–H and O–H groups in total. The Labute approximate surface area is 99.3 Å². The van der Waals surface area contributed by atoms with E-state index in [0.29, 0.717) is 5.56 Å². The number of aliphatic carboxylic acids is 1. The zero-order chi connectivity index (χ0) is 10.8. The first kappa shape index (κ1) is 12.5. The van der Waals surface area contributed by atoms with E-state index < -0.39 is 12.0 Å². The van der Waals surface area contributed by atoms with Crippen LogP contribution in [0.15, 0.2) is 42.5 Å². The fourth-order valence-electron chi connectivity index (χ4n) is 1.65. The molecule has 1 atom stereocenters. The van der Waals surface area contributed by atoms with Gasteiger partial charge in [-0.2, -0.15) is 0 Å². The van der Waals surface area contributed by atoms with E-state index in [1.807, 2.05) is 36.4 Å². The summed E-state index contributed by atoms with van der Waals surface area (Å²) in [5, 5.41) is 10.8. The second kappa shape index (κ2) is 4.96. The first-order valence-corrected chi connectivity index (χ1v) is 4.66. The Bertz CT molecular complexity index is 508. The van der Waals surface area contributed by atoms with Gasteiger partial charge in [-0.25, -0.2) is 0 Å². The monoisotopic (exact) mass is 237 g/mol. The first-order chi connectivity index (χ1) is 7.20. The first-order valence-electron chi connectivity index (χ1n) is 4.66. The summed E-state index contributed by atoms with van der Waals surface area (Å²) in [5.74, 6) is -1.01. The third-order valence-corrected chi connectivity index (χ3v) is 2.42. The molecule has 0 saturated carbocycles. The highest BCUT2D eigenvalue weighted by Crippen LogP contribution is 2.22. The van der Waals surface area contributed by atoms with E-state index in [9.17, 15) is 4.79 Å². The van der Waals surface area contributed by atoms with Gasteiger partial charge in [0.2, 0.25) is 0 Å². The fourth-order valence-corrected chi connectivity index (χ4v) is 1.65. The van der Waals surface area contributed by atoms with E-state index >= 15 is 0 Å². The zero-order valence-corrected chi connectivity index (χ0v) is 9.28. The average Bonchev–Trinajstić information content (AvgIpc) is 2.27. The van der Waals surface area contributed by atoms with Crippen LogP contribution in [0, 0.1) is 0 Å². The summed E-state index contributed by atoms with van der Waals surface area (Å²) in [6, 6.07) is 12.2. The Morgan fingerprint density at radius 2 is 1.75 bits per heavy atom. The van der Waals surface area contributed by atoms with Crippen molar-refractivity contribution in [3.05, 3.63) is 48.0 Å². The molecule has 84 valence electrons. The largest absolute Gasteiger partial charge is 0.480 e. The van der Waals surface area contributed by atoms with Gasteiger partial charge in [-0.3, -0.25) is 4.79 Å². The molecule has 2 aromatic carbocycles. The Balaban J connectivity index is 0.00000128. The summed E-state index contributed by atoms with van der Waals surface area (Å²) in [6.07, 6.45) is 0. The van der Waals surface area contributed by atoms with E-state index in [1.165, 1.54) is 0 Å². The van der Waals surface area contributed by atoms with Crippen molar-refractivity contribution in [2.75, 3.05) is 0 Å². The molecule has 3 nitrogen and oxygen atoms in total. The number of carboxylic acid groups (broad SMARTS) is 1. The zero-order valence-electron chi connectivity index (χ0n) is 8.46. The van der Waals surface area contributed by atoms with Gasteiger partial charge in [-0.1, -0.05) is 42.5 Å². The van der Waals surface area contributed by atoms with E-state index in [2.05, 4.69) is 0 Å². The Hall–Kier alpha value is -1.58. The van der Waals surface area contributed by atoms with Gasteiger partial charge in [0, 0.05) is 0 Å². The molecule has 0 fully saturated rings. The summed E-state index contributed by atoms with van der Waals surface area (Å²) in [7, 11) is 0. The molecule has 0 heterocycles. The molecule has 0 aliphatic rings. The number of nitrogens with two attached hydrogens (primary N) is 1. The van der Waals surface area contributed by atoms with Gasteiger partial charge in [0.05, 0.1) is 0 Å². The number of fused-ring (bicyclic) bond motifs is 1. The van der Waals surface area contributed by atoms with Gasteiger partial charge in [-0.15, -0.1) is 12.4 Å². The number of benzene rings is 2. The van der Waals surface area contributed by atoms with Crippen LogP contribution in [-0.2, 0) is 4.79 Å². The second-order valence-electron chi connectivity index (χ2n) is 3.38. The molecule has 16 heavy (non-hydrogen) atoms. The molecule has 0 bridgehead atoms. The van der Waals surface area contributed by atoms with E-state index in [-0.39, 0.29) is 12.4 Å². The maximum atomic E-state index is 10.8. The van der Waals surface area contributed by atoms with Crippen LogP contribution in [-0.4, -0.2) is 11.1 Å². The minimum absolute atomic E-state index is 0. The van der Waals surface area contributed by atoms with Crippen molar-refractivity contribution in [2.45, 2.75) is 6.04 Å². The minimum atomic E-state index is -1.01. The SMILES string of the molecule is Cl.NC(C(=O)O)c1cccc2ccccc12. The van der Waals surface area contributed by atoms with Crippen LogP contribution in [0.4, 0.5) is 0 Å². The summed E-state index contributed by atoms with van der Waals surface area (Å²) in [4.78, 5) is 10.8. The van der Waals surface area contributed by atoms with Crippen molar-refractivity contribution in [1.82, 2.24) is 0 Å². The van der Waals surface area contributed by atoms with E-state index in [1.54, 1.807) is 6.07 Å². The molecule has 2 aromatic rings. The molecule has 1 unspecified atom stereocenters. The fraction of sp³-hybridized carbons (Fsp3) is 0.0833. The molecule has 2 rings (SSSR count). The van der Waals surface area contributed by atoms with Crippen LogP contribution >= 0.6 is 12.4 Å². The number of halogens is 1. The lowest BCUT2D eigenvalue weighted by molar-refractivity contribution is -0.138. The maximum absolute atomic E-state index is 10.8. The van der Waals surface area contributed by atoms with Crippen LogP contribution in [0.3, 0.4) is 0 Å². The van der Waals surface area contributed by atoms with Crippen molar-refractivity contribution in [2.24, 2.45) is 5.73 Å². The van der Waals surface area contributed by atoms with Gasteiger partial charge >= 0.3 is 5.97 Å². The smallest absolute Gasteiger partial charge is 0.325 e. The Morgan fingerprint density at radius 1 is 1.12 bits per heavy atom. The van der Waals surface area contributed by atoms with Crippen LogP contribution in [0.2, 0.25) is 0 Å². The number of rotatable bonds is 2. The molecule has 0 spiro atoms. The Morgan fingerprint density at radius 3 is 2.44 bits per heavy atom. The molecule has 0 aromatic heterocycles. The van der Waals surface area contributed by atoms with Gasteiger partial charge in [0.15, 0.2) is 0 Å². The number of carbonyl (C=O) groups is 1. The van der Waals surface area contributed by atoms with E-state index in [0.717, 1.165) is 10.8 Å². The van der Waals surface area contributed by atoms with Crippen LogP contribution in [0.5, 0.6) is 0 Å². The van der Waals surface area contributed by atoms with Gasteiger partial charge in [0.1, 0.15) is 6.04 Å². The van der Waals surface area contributed by atoms with Crippen molar-refractivity contribution >= 4 is 29.1 Å². The summed E-state index contributed by atoms with van der Waals surface area (Å²) < 4.78 is 0. The van der Waals surface area contributed by atoms with Crippen LogP contribution in [0.1, 0.15) is 11.6 Å². The second-order valence-corrected chi connectivity index (χ2v) is 3.38. The molecule has 4 heteroatoms.